The minimum atomic E-state index is -0.431. The maximum atomic E-state index is 12.6. The zero-order valence-electron chi connectivity index (χ0n) is 18.8. The van der Waals surface area contributed by atoms with Gasteiger partial charge in [0.15, 0.2) is 11.0 Å². The zero-order chi connectivity index (χ0) is 24.0. The van der Waals surface area contributed by atoms with Crippen LogP contribution in [0.4, 0.5) is 5.69 Å². The molecular weight excluding hydrogens is 458 g/mol. The number of hydrogen-bond acceptors (Lipinski definition) is 5. The van der Waals surface area contributed by atoms with Gasteiger partial charge >= 0.3 is 0 Å². The number of aryl methyl sites for hydroxylation is 2. The maximum Gasteiger partial charge on any atom is 0.253 e. The lowest BCUT2D eigenvalue weighted by molar-refractivity contribution is -0.113. The second-order valence-electron chi connectivity index (χ2n) is 7.57. The largest absolute Gasteiger partial charge is 0.342 e. The highest BCUT2D eigenvalue weighted by atomic mass is 35.5. The number of aromatic nitrogens is 3. The predicted octanol–water partition coefficient (Wildman–Crippen LogP) is 4.96. The van der Waals surface area contributed by atoms with E-state index in [1.54, 1.807) is 30.3 Å². The van der Waals surface area contributed by atoms with E-state index in [1.807, 2.05) is 43.5 Å². The Bertz CT molecular complexity index is 1180. The highest BCUT2D eigenvalue weighted by Gasteiger charge is 2.21. The van der Waals surface area contributed by atoms with Crippen LogP contribution < -0.4 is 10.6 Å². The molecule has 0 unspecified atom stereocenters. The minimum absolute atomic E-state index is 0.136. The van der Waals surface area contributed by atoms with Gasteiger partial charge in [0, 0.05) is 12.2 Å². The molecule has 0 bridgehead atoms. The highest BCUT2D eigenvalue weighted by molar-refractivity contribution is 7.99. The van der Waals surface area contributed by atoms with Crippen LogP contribution in [0.2, 0.25) is 5.02 Å². The number of carbonyl (C=O) groups is 2. The van der Waals surface area contributed by atoms with E-state index in [2.05, 4.69) is 27.4 Å². The van der Waals surface area contributed by atoms with Gasteiger partial charge in [-0.05, 0) is 50.1 Å². The molecule has 2 amide bonds. The first-order valence-corrected chi connectivity index (χ1v) is 11.8. The molecule has 0 fully saturated rings. The Balaban J connectivity index is 1.69. The fourth-order valence-electron chi connectivity index (χ4n) is 3.20. The Morgan fingerprint density at radius 3 is 2.70 bits per heavy atom. The fraction of sp³-hybridized carbons (Fsp3) is 0.250. The average Bonchev–Trinajstić information content (AvgIpc) is 3.18. The van der Waals surface area contributed by atoms with Gasteiger partial charge in [0.25, 0.3) is 5.91 Å². The molecule has 7 nitrogen and oxygen atoms in total. The third kappa shape index (κ3) is 6.24. The smallest absolute Gasteiger partial charge is 0.253 e. The number of benzene rings is 2. The van der Waals surface area contributed by atoms with Crippen LogP contribution in [0.5, 0.6) is 0 Å². The molecule has 0 aliphatic heterocycles. The molecule has 9 heteroatoms. The van der Waals surface area contributed by atoms with Crippen LogP contribution in [0, 0.1) is 13.8 Å². The summed E-state index contributed by atoms with van der Waals surface area (Å²) in [4.78, 5) is 25.1. The summed E-state index contributed by atoms with van der Waals surface area (Å²) >= 11 is 7.41. The molecular formula is C24H26ClN5O2S. The summed E-state index contributed by atoms with van der Waals surface area (Å²) in [6.07, 6.45) is 1.72. The van der Waals surface area contributed by atoms with Crippen LogP contribution in [0.25, 0.3) is 0 Å². The van der Waals surface area contributed by atoms with Crippen molar-refractivity contribution in [3.8, 4) is 0 Å². The van der Waals surface area contributed by atoms with Crippen LogP contribution in [-0.2, 0) is 11.3 Å². The van der Waals surface area contributed by atoms with Gasteiger partial charge in [-0.1, -0.05) is 53.7 Å². The number of hydrogen-bond donors (Lipinski definition) is 2. The Labute approximate surface area is 202 Å². The maximum absolute atomic E-state index is 12.6. The van der Waals surface area contributed by atoms with Gasteiger partial charge in [-0.3, -0.25) is 9.59 Å². The van der Waals surface area contributed by atoms with Gasteiger partial charge in [-0.2, -0.15) is 0 Å². The summed E-state index contributed by atoms with van der Waals surface area (Å²) in [7, 11) is 0. The quantitative estimate of drug-likeness (QED) is 0.332. The molecule has 0 spiro atoms. The van der Waals surface area contributed by atoms with Gasteiger partial charge in [0.05, 0.1) is 22.4 Å². The molecule has 1 heterocycles. The molecule has 1 atom stereocenters. The van der Waals surface area contributed by atoms with E-state index >= 15 is 0 Å². The third-order valence-corrected chi connectivity index (χ3v) is 6.21. The first kappa shape index (κ1) is 24.5. The molecule has 0 radical (unpaired) electrons. The summed E-state index contributed by atoms with van der Waals surface area (Å²) in [5, 5.41) is 15.3. The Morgan fingerprint density at radius 1 is 1.21 bits per heavy atom. The number of nitrogens with one attached hydrogen (secondary N) is 2. The molecule has 33 heavy (non-hydrogen) atoms. The van der Waals surface area contributed by atoms with Gasteiger partial charge in [-0.25, -0.2) is 0 Å². The van der Waals surface area contributed by atoms with Crippen LogP contribution in [-0.4, -0.2) is 32.3 Å². The Kier molecular flexibility index (Phi) is 8.30. The number of allylic oxidation sites excluding steroid dienone is 1. The van der Waals surface area contributed by atoms with E-state index in [0.717, 1.165) is 16.8 Å². The van der Waals surface area contributed by atoms with E-state index < -0.39 is 6.04 Å². The normalized spacial score (nSPS) is 11.6. The van der Waals surface area contributed by atoms with E-state index in [9.17, 15) is 9.59 Å². The summed E-state index contributed by atoms with van der Waals surface area (Å²) in [5.74, 6) is 0.294. The van der Waals surface area contributed by atoms with E-state index in [-0.39, 0.29) is 17.6 Å². The highest BCUT2D eigenvalue weighted by Crippen LogP contribution is 2.23. The minimum Gasteiger partial charge on any atom is -0.342 e. The second-order valence-corrected chi connectivity index (χ2v) is 8.92. The fourth-order valence-corrected chi connectivity index (χ4v) is 4.18. The molecule has 2 aromatic carbocycles. The van der Waals surface area contributed by atoms with Crippen molar-refractivity contribution in [2.45, 2.75) is 38.5 Å². The summed E-state index contributed by atoms with van der Waals surface area (Å²) in [6.45, 7) is 9.99. The molecule has 0 saturated heterocycles. The monoisotopic (exact) mass is 483 g/mol. The molecule has 172 valence electrons. The predicted molar refractivity (Wildman–Crippen MR) is 133 cm³/mol. The van der Waals surface area contributed by atoms with Crippen molar-refractivity contribution in [3.05, 3.63) is 82.7 Å². The van der Waals surface area contributed by atoms with Crippen molar-refractivity contribution in [3.63, 3.8) is 0 Å². The standard InChI is InChI=1S/C24H26ClN5O2S/c1-5-12-30-22(17(4)26-23(32)18-8-6-7-9-19(18)25)28-29-24(30)33-14-21(31)27-20-13-15(2)10-11-16(20)3/h5-11,13,17H,1,12,14H2,2-4H3,(H,26,32)(H,27,31)/t17-/m1/s1. The molecule has 0 aliphatic carbocycles. The molecule has 1 aromatic heterocycles. The SMILES string of the molecule is C=CCn1c(SCC(=O)Nc2cc(C)ccc2C)nnc1[C@@H](C)NC(=O)c1ccccc1Cl. The van der Waals surface area contributed by atoms with Crippen LogP contribution in [0.15, 0.2) is 60.3 Å². The van der Waals surface area contributed by atoms with Gasteiger partial charge < -0.3 is 15.2 Å². The van der Waals surface area contributed by atoms with Crippen molar-refractivity contribution in [2.24, 2.45) is 0 Å². The number of rotatable bonds is 9. The van der Waals surface area contributed by atoms with Crippen molar-refractivity contribution in [1.82, 2.24) is 20.1 Å². The van der Waals surface area contributed by atoms with Crippen molar-refractivity contribution in [2.75, 3.05) is 11.1 Å². The van der Waals surface area contributed by atoms with Crippen LogP contribution >= 0.6 is 23.4 Å². The second kappa shape index (κ2) is 11.2. The van der Waals surface area contributed by atoms with E-state index in [4.69, 9.17) is 11.6 Å². The first-order chi connectivity index (χ1) is 15.8. The number of thioether (sulfide) groups is 1. The molecule has 3 rings (SSSR count). The van der Waals surface area contributed by atoms with Crippen molar-refractivity contribution in [1.29, 1.82) is 0 Å². The first-order valence-electron chi connectivity index (χ1n) is 10.4. The zero-order valence-corrected chi connectivity index (χ0v) is 20.3. The van der Waals surface area contributed by atoms with E-state index in [1.165, 1.54) is 11.8 Å². The number of nitrogens with zero attached hydrogens (tertiary/aromatic N) is 3. The number of carbonyl (C=O) groups excluding carboxylic acids is 2. The lowest BCUT2D eigenvalue weighted by Gasteiger charge is -2.16. The number of amides is 2. The summed E-state index contributed by atoms with van der Waals surface area (Å²) in [5.41, 5.74) is 3.26. The van der Waals surface area contributed by atoms with Gasteiger partial charge in [0.2, 0.25) is 5.91 Å². The molecule has 0 saturated carbocycles. The van der Waals surface area contributed by atoms with Crippen molar-refractivity contribution < 1.29 is 9.59 Å². The summed E-state index contributed by atoms with van der Waals surface area (Å²) < 4.78 is 1.83. The van der Waals surface area contributed by atoms with Crippen LogP contribution in [0.3, 0.4) is 0 Å². The van der Waals surface area contributed by atoms with Crippen molar-refractivity contribution >= 4 is 40.9 Å². The Morgan fingerprint density at radius 2 is 1.97 bits per heavy atom. The van der Waals surface area contributed by atoms with Crippen LogP contribution in [0.1, 0.15) is 40.3 Å². The third-order valence-electron chi connectivity index (χ3n) is 4.91. The number of halogens is 1. The van der Waals surface area contributed by atoms with Gasteiger partial charge in [-0.15, -0.1) is 16.8 Å². The average molecular weight is 484 g/mol. The summed E-state index contributed by atoms with van der Waals surface area (Å²) in [6, 6.07) is 12.3. The topological polar surface area (TPSA) is 88.9 Å². The lowest BCUT2D eigenvalue weighted by atomic mass is 10.1. The van der Waals surface area contributed by atoms with Gasteiger partial charge in [0.1, 0.15) is 0 Å². The van der Waals surface area contributed by atoms with E-state index in [0.29, 0.717) is 28.1 Å². The Hall–Kier alpha value is -3.10. The molecule has 0 aliphatic rings. The number of anilines is 1. The lowest BCUT2D eigenvalue weighted by Crippen LogP contribution is -2.29. The molecule has 3 aromatic rings. The molecule has 2 N–H and O–H groups in total.